The summed E-state index contributed by atoms with van der Waals surface area (Å²) in [7, 11) is 8.06. The Morgan fingerprint density at radius 1 is 1.00 bits per heavy atom. The van der Waals surface area contributed by atoms with Crippen LogP contribution in [0.4, 0.5) is 0 Å². The van der Waals surface area contributed by atoms with Gasteiger partial charge in [0.05, 0.1) is 0 Å². The van der Waals surface area contributed by atoms with Gasteiger partial charge in [-0.3, -0.25) is 0 Å². The molecule has 0 aliphatic heterocycles. The molecule has 0 saturated carbocycles. The first-order valence-electron chi connectivity index (χ1n) is 1.000. The van der Waals surface area contributed by atoms with E-state index in [9.17, 15) is 0 Å². The molecule has 0 nitrogen and oxygen atoms in total. The summed E-state index contributed by atoms with van der Waals surface area (Å²) >= 11 is 0. The fourth-order valence-electron chi connectivity index (χ4n) is 0.0894. The minimum absolute atomic E-state index is 0. The van der Waals surface area contributed by atoms with E-state index in [0.29, 0.717) is 0 Å². The Labute approximate surface area is 56.7 Å². The van der Waals surface area contributed by atoms with Gasteiger partial charge in [0.2, 0.25) is 0 Å². The Balaban J connectivity index is 0.000000250. The SMILES string of the molecule is [Li+].p1pp[p-]p1. The van der Waals surface area contributed by atoms with Gasteiger partial charge in [-0.2, -0.15) is 22.6 Å². The Bertz CT molecular complexity index is 60.4. The summed E-state index contributed by atoms with van der Waals surface area (Å²) in [5.74, 6) is 0. The quantitative estimate of drug-likeness (QED) is 0.504. The van der Waals surface area contributed by atoms with E-state index in [0.717, 1.165) is 0 Å². The van der Waals surface area contributed by atoms with Gasteiger partial charge in [0.15, 0.2) is 0 Å². The van der Waals surface area contributed by atoms with Gasteiger partial charge in [0.1, 0.15) is 0 Å². The molecule has 26 valence electrons. The first kappa shape index (κ1) is 8.10. The van der Waals surface area contributed by atoms with Gasteiger partial charge in [-0.25, -0.2) is 15.1 Å². The Hall–Kier alpha value is 2.10. The molecule has 0 saturated heterocycles. The van der Waals surface area contributed by atoms with E-state index in [1.807, 2.05) is 0 Å². The molecule has 0 bridgehead atoms. The second-order valence-electron chi connectivity index (χ2n) is 0.447. The molecular weight excluding hydrogens is 162 g/mol. The van der Waals surface area contributed by atoms with Crippen molar-refractivity contribution in [3.8, 4) is 0 Å². The maximum atomic E-state index is 1.61. The van der Waals surface area contributed by atoms with Crippen molar-refractivity contribution >= 4 is 37.7 Å². The average Bonchev–Trinajstić information content (AvgIpc) is 1.76. The molecule has 1 aromatic heterocycles. The predicted octanol–water partition coefficient (Wildman–Crippen LogP) is 1.31. The molecule has 1 heterocycles. The van der Waals surface area contributed by atoms with Crippen LogP contribution in [0.15, 0.2) is 0 Å². The number of hydrogen-bond donors (Lipinski definition) is 0. The van der Waals surface area contributed by atoms with Crippen LogP contribution in [0.1, 0.15) is 0 Å². The van der Waals surface area contributed by atoms with Crippen LogP contribution in [0.3, 0.4) is 0 Å². The maximum Gasteiger partial charge on any atom is 1.00 e. The minimum Gasteiger partial charge on any atom is -0.239 e. The molecular formula is LiP5. The molecule has 0 spiro atoms. The molecule has 6 heavy (non-hydrogen) atoms. The second-order valence-corrected chi connectivity index (χ2v) is 12.1. The summed E-state index contributed by atoms with van der Waals surface area (Å²) in [6.07, 6.45) is 0. The van der Waals surface area contributed by atoms with E-state index in [-0.39, 0.29) is 18.9 Å². The van der Waals surface area contributed by atoms with Crippen molar-refractivity contribution in [2.75, 3.05) is 0 Å². The largest absolute Gasteiger partial charge is 1.00 e. The molecule has 0 aliphatic rings. The summed E-state index contributed by atoms with van der Waals surface area (Å²) < 4.78 is 0. The first-order valence-corrected chi connectivity index (χ1v) is 9.00. The Kier molecular flexibility index (Phi) is 7.07. The molecule has 0 fully saturated rings. The van der Waals surface area contributed by atoms with Crippen molar-refractivity contribution < 1.29 is 18.9 Å². The van der Waals surface area contributed by atoms with Crippen LogP contribution in [0.25, 0.3) is 0 Å². The Morgan fingerprint density at radius 2 is 1.50 bits per heavy atom. The van der Waals surface area contributed by atoms with Gasteiger partial charge in [-0.15, -0.1) is 0 Å². The van der Waals surface area contributed by atoms with Gasteiger partial charge in [0, 0.05) is 0 Å². The van der Waals surface area contributed by atoms with Crippen LogP contribution < -0.4 is 18.9 Å². The summed E-state index contributed by atoms with van der Waals surface area (Å²) in [5.41, 5.74) is 0. The van der Waals surface area contributed by atoms with Crippen LogP contribution in [0.2, 0.25) is 0 Å². The molecule has 0 unspecified atom stereocenters. The molecule has 1 rings (SSSR count). The minimum atomic E-state index is 0. The maximum absolute atomic E-state index is 1.61. The monoisotopic (exact) mass is 162 g/mol. The van der Waals surface area contributed by atoms with E-state index < -0.39 is 0 Å². The van der Waals surface area contributed by atoms with Crippen LogP contribution >= 0.6 is 37.7 Å². The van der Waals surface area contributed by atoms with Gasteiger partial charge in [-0.05, 0) is 0 Å². The molecule has 1 aromatic rings. The van der Waals surface area contributed by atoms with E-state index in [1.54, 1.807) is 37.7 Å². The molecule has 0 amide bonds. The smallest absolute Gasteiger partial charge is 0.239 e. The fourth-order valence-corrected chi connectivity index (χ4v) is 21.7. The molecule has 6 heteroatoms. The predicted molar refractivity (Wildman–Crippen MR) is 34.6 cm³/mol. The Morgan fingerprint density at radius 3 is 1.67 bits per heavy atom. The van der Waals surface area contributed by atoms with Gasteiger partial charge in [-0.1, -0.05) is 0 Å². The molecule has 0 atom stereocenters. The van der Waals surface area contributed by atoms with Crippen molar-refractivity contribution in [2.45, 2.75) is 0 Å². The van der Waals surface area contributed by atoms with E-state index in [4.69, 9.17) is 0 Å². The summed E-state index contributed by atoms with van der Waals surface area (Å²) in [4.78, 5) is 0. The first-order chi connectivity index (χ1) is 2.50. The standard InChI is InChI=1S/Li.P5/c;1-2-4-5-3-1/q+1;-1. The van der Waals surface area contributed by atoms with Crippen LogP contribution in [-0.2, 0) is 0 Å². The summed E-state index contributed by atoms with van der Waals surface area (Å²) in [6.45, 7) is 0. The summed E-state index contributed by atoms with van der Waals surface area (Å²) in [5, 5.41) is 0. The second kappa shape index (κ2) is 5.24. The molecule has 0 N–H and O–H groups in total. The van der Waals surface area contributed by atoms with Crippen LogP contribution in [0, 0.1) is 0 Å². The van der Waals surface area contributed by atoms with Crippen LogP contribution in [0.5, 0.6) is 0 Å². The third kappa shape index (κ3) is 3.15. The van der Waals surface area contributed by atoms with Gasteiger partial charge < -0.3 is 0 Å². The summed E-state index contributed by atoms with van der Waals surface area (Å²) in [6, 6.07) is 0. The zero-order chi connectivity index (χ0) is 3.54. The normalized spacial score (nSPS) is 13.3. The van der Waals surface area contributed by atoms with Crippen molar-refractivity contribution in [1.82, 2.24) is 0 Å². The average molecular weight is 162 g/mol. The van der Waals surface area contributed by atoms with Crippen LogP contribution in [-0.4, -0.2) is 0 Å². The van der Waals surface area contributed by atoms with Crippen molar-refractivity contribution in [1.29, 1.82) is 0 Å². The van der Waals surface area contributed by atoms with Crippen molar-refractivity contribution in [3.05, 3.63) is 0 Å². The molecule has 0 radical (unpaired) electrons. The van der Waals surface area contributed by atoms with Gasteiger partial charge in [0.25, 0.3) is 0 Å². The topological polar surface area (TPSA) is 0 Å². The molecule has 0 aromatic carbocycles. The van der Waals surface area contributed by atoms with Crippen molar-refractivity contribution in [2.24, 2.45) is 0 Å². The fraction of sp³-hybridized carbons (Fsp3) is 0. The van der Waals surface area contributed by atoms with Crippen molar-refractivity contribution in [3.63, 3.8) is 0 Å². The van der Waals surface area contributed by atoms with E-state index >= 15 is 0 Å². The molecule has 0 aliphatic carbocycles. The third-order valence-electron chi connectivity index (χ3n) is 0.200. The number of rotatable bonds is 0. The van der Waals surface area contributed by atoms with E-state index in [1.165, 1.54) is 0 Å². The van der Waals surface area contributed by atoms with Gasteiger partial charge >= 0.3 is 18.9 Å². The zero-order valence-corrected chi connectivity index (χ0v) is 7.71. The third-order valence-corrected chi connectivity index (χ3v) is 16.2. The number of hydrogen-bond acceptors (Lipinski definition) is 0. The van der Waals surface area contributed by atoms with E-state index in [2.05, 4.69) is 0 Å². The zero-order valence-electron chi connectivity index (χ0n) is 3.24.